The molecule has 0 spiro atoms. The van der Waals surface area contributed by atoms with Gasteiger partial charge in [-0.25, -0.2) is 19.3 Å². The van der Waals surface area contributed by atoms with Crippen LogP contribution in [0.2, 0.25) is 0 Å². The highest BCUT2D eigenvalue weighted by atomic mass is 32.1. The molecule has 4 aromatic rings. The molecule has 0 unspecified atom stereocenters. The Morgan fingerprint density at radius 1 is 1.07 bits per heavy atom. The van der Waals surface area contributed by atoms with Gasteiger partial charge in [0.15, 0.2) is 16.6 Å². The number of hydrogen-bond donors (Lipinski definition) is 2. The number of methoxy groups -OCH3 is 1. The van der Waals surface area contributed by atoms with Crippen LogP contribution in [0.1, 0.15) is 65.7 Å². The number of aromatic nitrogens is 3. The molecule has 3 heterocycles. The molecule has 2 N–H and O–H groups in total. The number of thiazole rings is 1. The number of fused-ring (bicyclic) bond motifs is 1. The van der Waals surface area contributed by atoms with E-state index in [1.807, 2.05) is 12.1 Å². The summed E-state index contributed by atoms with van der Waals surface area (Å²) >= 11 is 1.34. The number of likely N-dealkylation sites (tertiary alicyclic amines) is 1. The van der Waals surface area contributed by atoms with Crippen LogP contribution in [0.15, 0.2) is 48.9 Å². The highest BCUT2D eigenvalue weighted by Crippen LogP contribution is 2.54. The summed E-state index contributed by atoms with van der Waals surface area (Å²) in [6.07, 6.45) is 6.58. The summed E-state index contributed by atoms with van der Waals surface area (Å²) in [6.45, 7) is 16.9. The number of carbonyl (C=O) groups excluding carboxylic acids is 1. The Balaban J connectivity index is 1.23. The van der Waals surface area contributed by atoms with Crippen molar-refractivity contribution in [1.29, 1.82) is 0 Å². The second kappa shape index (κ2) is 13.5. The van der Waals surface area contributed by atoms with Crippen LogP contribution in [0.5, 0.6) is 11.5 Å². The molecule has 0 radical (unpaired) electrons. The lowest BCUT2D eigenvalue weighted by Gasteiger charge is -2.56. The van der Waals surface area contributed by atoms with Crippen molar-refractivity contribution in [2.24, 2.45) is 10.8 Å². The first-order chi connectivity index (χ1) is 21.8. The SMILES string of the molecule is COc1cc2c(Nc3ncc(CC(=O)Nc4cccc(F)c4)s3)ncnc2cc1OCCCN1CCCC1(C(C)(C)C)C(C)(C)C. The maximum atomic E-state index is 13.5. The van der Waals surface area contributed by atoms with Crippen molar-refractivity contribution in [1.82, 2.24) is 19.9 Å². The van der Waals surface area contributed by atoms with Crippen LogP contribution in [0.3, 0.4) is 0 Å². The summed E-state index contributed by atoms with van der Waals surface area (Å²) in [7, 11) is 1.62. The minimum absolute atomic E-state index is 0.111. The Morgan fingerprint density at radius 3 is 2.57 bits per heavy atom. The number of benzene rings is 2. The molecule has 0 saturated carbocycles. The second-order valence-electron chi connectivity index (χ2n) is 13.9. The van der Waals surface area contributed by atoms with E-state index in [9.17, 15) is 9.18 Å². The summed E-state index contributed by atoms with van der Waals surface area (Å²) in [4.78, 5) is 29.3. The van der Waals surface area contributed by atoms with Gasteiger partial charge in [0.2, 0.25) is 5.91 Å². The smallest absolute Gasteiger partial charge is 0.229 e. The Kier molecular flexibility index (Phi) is 9.83. The van der Waals surface area contributed by atoms with E-state index in [0.717, 1.165) is 29.8 Å². The Labute approximate surface area is 275 Å². The largest absolute Gasteiger partial charge is 0.493 e. The van der Waals surface area contributed by atoms with Crippen LogP contribution in [0, 0.1) is 16.6 Å². The van der Waals surface area contributed by atoms with Gasteiger partial charge < -0.3 is 20.1 Å². The molecule has 0 atom stereocenters. The molecule has 0 bridgehead atoms. The third kappa shape index (κ3) is 7.10. The summed E-state index contributed by atoms with van der Waals surface area (Å²) in [5.74, 6) is 1.14. The molecule has 5 rings (SSSR count). The van der Waals surface area contributed by atoms with Gasteiger partial charge in [-0.15, -0.1) is 11.3 Å². The van der Waals surface area contributed by atoms with Crippen LogP contribution < -0.4 is 20.1 Å². The molecular formula is C35H45FN6O3S. The zero-order valence-corrected chi connectivity index (χ0v) is 28.7. The minimum Gasteiger partial charge on any atom is -0.493 e. The van der Waals surface area contributed by atoms with Crippen molar-refractivity contribution in [3.05, 3.63) is 59.6 Å². The molecule has 11 heteroatoms. The van der Waals surface area contributed by atoms with E-state index < -0.39 is 5.82 Å². The molecule has 9 nitrogen and oxygen atoms in total. The van der Waals surface area contributed by atoms with E-state index in [1.165, 1.54) is 42.6 Å². The van der Waals surface area contributed by atoms with E-state index >= 15 is 0 Å². The Morgan fingerprint density at radius 2 is 1.85 bits per heavy atom. The predicted molar refractivity (Wildman–Crippen MR) is 183 cm³/mol. The number of nitrogens with one attached hydrogen (secondary N) is 2. The van der Waals surface area contributed by atoms with Gasteiger partial charge in [-0.05, 0) is 60.9 Å². The first kappa shape index (κ1) is 33.5. The van der Waals surface area contributed by atoms with Gasteiger partial charge in [0.25, 0.3) is 0 Å². The summed E-state index contributed by atoms with van der Waals surface area (Å²) in [5.41, 5.74) is 1.57. The van der Waals surface area contributed by atoms with Gasteiger partial charge in [-0.3, -0.25) is 9.69 Å². The molecule has 2 aromatic carbocycles. The van der Waals surface area contributed by atoms with E-state index in [-0.39, 0.29) is 28.7 Å². The van der Waals surface area contributed by atoms with Gasteiger partial charge in [-0.1, -0.05) is 47.6 Å². The van der Waals surface area contributed by atoms with Crippen LogP contribution >= 0.6 is 11.3 Å². The number of ether oxygens (including phenoxy) is 2. The highest BCUT2D eigenvalue weighted by Gasteiger charge is 2.55. The first-order valence-corrected chi connectivity index (χ1v) is 16.6. The number of rotatable bonds is 11. The molecule has 1 aliphatic rings. The van der Waals surface area contributed by atoms with Gasteiger partial charge in [0.1, 0.15) is 18.0 Å². The van der Waals surface area contributed by atoms with E-state index in [0.29, 0.717) is 40.3 Å². The topological polar surface area (TPSA) is 102 Å². The average molecular weight is 649 g/mol. The lowest BCUT2D eigenvalue weighted by molar-refractivity contribution is -0.115. The van der Waals surface area contributed by atoms with E-state index in [4.69, 9.17) is 9.47 Å². The molecular weight excluding hydrogens is 603 g/mol. The quantitative estimate of drug-likeness (QED) is 0.159. The molecule has 1 saturated heterocycles. The average Bonchev–Trinajstić information content (AvgIpc) is 3.62. The number of nitrogens with zero attached hydrogens (tertiary/aromatic N) is 4. The fraction of sp³-hybridized carbons (Fsp3) is 0.486. The molecule has 1 fully saturated rings. The van der Waals surface area contributed by atoms with Gasteiger partial charge >= 0.3 is 0 Å². The number of hydrogen-bond acceptors (Lipinski definition) is 9. The fourth-order valence-corrected chi connectivity index (χ4v) is 8.16. The third-order valence-corrected chi connectivity index (χ3v) is 9.87. The van der Waals surface area contributed by atoms with Crippen molar-refractivity contribution >= 4 is 44.8 Å². The van der Waals surface area contributed by atoms with E-state index in [2.05, 4.69) is 72.0 Å². The lowest BCUT2D eigenvalue weighted by Crippen LogP contribution is -2.61. The predicted octanol–water partition coefficient (Wildman–Crippen LogP) is 7.85. The fourth-order valence-electron chi connectivity index (χ4n) is 7.35. The standard InChI is InChI=1S/C35H45FN6O3S/c1-33(2,3)35(34(4,5)6)13-9-14-42(35)15-10-16-45-29-20-27-26(19-28(29)44-7)31(39-22-38-27)41-32-37-21-25(46-32)18-30(43)40-24-12-8-11-23(36)17-24/h8,11-12,17,19-22H,9-10,13-16,18H2,1-7H3,(H,40,43)(H,37,38,39,41). The van der Waals surface area contributed by atoms with Crippen LogP contribution in [-0.4, -0.2) is 58.1 Å². The van der Waals surface area contributed by atoms with Crippen molar-refractivity contribution in [2.75, 3.05) is 37.4 Å². The van der Waals surface area contributed by atoms with Gasteiger partial charge in [0, 0.05) is 40.3 Å². The minimum atomic E-state index is -0.407. The van der Waals surface area contributed by atoms with Crippen molar-refractivity contribution in [3.8, 4) is 11.5 Å². The zero-order valence-electron chi connectivity index (χ0n) is 27.9. The summed E-state index contributed by atoms with van der Waals surface area (Å²) < 4.78 is 25.5. The van der Waals surface area contributed by atoms with Crippen molar-refractivity contribution < 1.29 is 18.7 Å². The number of halogens is 1. The number of carbonyl (C=O) groups is 1. The van der Waals surface area contributed by atoms with Crippen LogP contribution in [0.25, 0.3) is 10.9 Å². The van der Waals surface area contributed by atoms with Gasteiger partial charge in [-0.2, -0.15) is 0 Å². The van der Waals surface area contributed by atoms with Crippen molar-refractivity contribution in [2.45, 2.75) is 72.8 Å². The maximum Gasteiger partial charge on any atom is 0.229 e. The molecule has 0 aliphatic carbocycles. The van der Waals surface area contributed by atoms with Gasteiger partial charge in [0.05, 0.1) is 25.7 Å². The monoisotopic (exact) mass is 648 g/mol. The third-order valence-electron chi connectivity index (χ3n) is 8.96. The van der Waals surface area contributed by atoms with Crippen molar-refractivity contribution in [3.63, 3.8) is 0 Å². The summed E-state index contributed by atoms with van der Waals surface area (Å²) in [6, 6.07) is 9.56. The Hall–Kier alpha value is -3.83. The van der Waals surface area contributed by atoms with E-state index in [1.54, 1.807) is 25.4 Å². The molecule has 2 aromatic heterocycles. The normalized spacial score (nSPS) is 15.2. The van der Waals surface area contributed by atoms with Crippen LogP contribution in [-0.2, 0) is 11.2 Å². The molecule has 46 heavy (non-hydrogen) atoms. The molecule has 1 amide bonds. The molecule has 246 valence electrons. The maximum absolute atomic E-state index is 13.5. The first-order valence-electron chi connectivity index (χ1n) is 15.8. The second-order valence-corrected chi connectivity index (χ2v) is 15.0. The Bertz CT molecular complexity index is 1670. The van der Waals surface area contributed by atoms with Crippen LogP contribution in [0.4, 0.5) is 21.0 Å². The zero-order chi connectivity index (χ0) is 33.1. The lowest BCUT2D eigenvalue weighted by atomic mass is 9.58. The highest BCUT2D eigenvalue weighted by molar-refractivity contribution is 7.15. The number of amides is 1. The summed E-state index contributed by atoms with van der Waals surface area (Å²) in [5, 5.41) is 7.30. The molecule has 1 aliphatic heterocycles. The number of anilines is 3.